The van der Waals surface area contributed by atoms with E-state index in [9.17, 15) is 14.4 Å². The van der Waals surface area contributed by atoms with Crippen molar-refractivity contribution in [1.82, 2.24) is 19.4 Å². The first-order valence-corrected chi connectivity index (χ1v) is 14.7. The highest BCUT2D eigenvalue weighted by molar-refractivity contribution is 6.34. The van der Waals surface area contributed by atoms with Crippen LogP contribution < -0.4 is 20.1 Å². The molecule has 0 radical (unpaired) electrons. The molecule has 2 aliphatic heterocycles. The predicted molar refractivity (Wildman–Crippen MR) is 172 cm³/mol. The van der Waals surface area contributed by atoms with Gasteiger partial charge in [0.2, 0.25) is 5.91 Å². The van der Waals surface area contributed by atoms with Crippen molar-refractivity contribution >= 4 is 45.8 Å². The number of ether oxygens (including phenoxy) is 1. The number of rotatable bonds is 5. The summed E-state index contributed by atoms with van der Waals surface area (Å²) in [6.45, 7) is 6.10. The number of methoxy groups -OCH3 is 1. The van der Waals surface area contributed by atoms with E-state index in [1.54, 1.807) is 30.2 Å². The van der Waals surface area contributed by atoms with Crippen molar-refractivity contribution in [2.75, 3.05) is 43.5 Å². The molecule has 6 rings (SSSR count). The highest BCUT2D eigenvalue weighted by Gasteiger charge is 2.44. The van der Waals surface area contributed by atoms with Crippen LogP contribution in [0.3, 0.4) is 0 Å². The Hall–Kier alpha value is -4.77. The highest BCUT2D eigenvalue weighted by atomic mass is 35.5. The molecule has 5 heterocycles. The molecule has 1 aromatic carbocycles. The van der Waals surface area contributed by atoms with E-state index in [0.29, 0.717) is 21.8 Å². The average Bonchev–Trinajstić information content (AvgIpc) is 3.04. The van der Waals surface area contributed by atoms with E-state index in [1.807, 2.05) is 13.8 Å². The van der Waals surface area contributed by atoms with Crippen molar-refractivity contribution < 1.29 is 22.8 Å². The van der Waals surface area contributed by atoms with Crippen molar-refractivity contribution in [2.45, 2.75) is 32.7 Å². The second kappa shape index (κ2) is 11.3. The number of likely N-dealkylation sites (N-methyl/N-ethyl adjacent to an activating group) is 1. The number of hydrogen-bond acceptors (Lipinski definition) is 7. The van der Waals surface area contributed by atoms with Crippen LogP contribution in [0.25, 0.3) is 28.0 Å². The van der Waals surface area contributed by atoms with Gasteiger partial charge in [0.15, 0.2) is 5.65 Å². The lowest BCUT2D eigenvalue weighted by molar-refractivity contribution is -0.128. The monoisotopic (exact) mass is 633 g/mol. The van der Waals surface area contributed by atoms with Crippen molar-refractivity contribution in [3.63, 3.8) is 0 Å². The van der Waals surface area contributed by atoms with Crippen LogP contribution in [0.1, 0.15) is 35.1 Å². The van der Waals surface area contributed by atoms with E-state index in [4.69, 9.17) is 25.4 Å². The largest absolute Gasteiger partial charge is 0.496 e. The van der Waals surface area contributed by atoms with Gasteiger partial charge in [-0.25, -0.2) is 9.37 Å². The Balaban J connectivity index is 1.80. The van der Waals surface area contributed by atoms with Gasteiger partial charge in [-0.05, 0) is 48.7 Å². The summed E-state index contributed by atoms with van der Waals surface area (Å²) in [5.41, 5.74) is 0.336. The van der Waals surface area contributed by atoms with Gasteiger partial charge in [0.25, 0.3) is 11.5 Å². The zero-order chi connectivity index (χ0) is 34.8. The molecule has 0 N–H and O–H groups in total. The summed E-state index contributed by atoms with van der Waals surface area (Å²) in [6, 6.07) is 6.31. The van der Waals surface area contributed by atoms with Gasteiger partial charge in [-0.2, -0.15) is 0 Å². The molecule has 232 valence electrons. The Morgan fingerprint density at radius 2 is 2.00 bits per heavy atom. The number of fused-ring (bicyclic) bond motifs is 5. The van der Waals surface area contributed by atoms with Crippen molar-refractivity contribution in [2.24, 2.45) is 0 Å². The number of anilines is 2. The number of aryl methyl sites for hydroxylation is 1. The minimum absolute atomic E-state index is 0.0142. The standard InChI is InChI=1S/C33H32ClFN6O4/c1-7-24(42)39-13-14-40-22(16-39)32(43)38(5)30-29(40)19-15-20(34)27(25-21(35)9-8-10-23(25)45-6)37-31(19)41(33(30)44)28-18(4)11-12-36-26(28)17(2)3/h7-12,15,17,22H,1,13-14,16H2,2-6H3/t22-/m1/s1/i5D3. The van der Waals surface area contributed by atoms with Gasteiger partial charge >= 0.3 is 0 Å². The average molecular weight is 634 g/mol. The molecule has 2 amide bonds. The smallest absolute Gasteiger partial charge is 0.283 e. The summed E-state index contributed by atoms with van der Waals surface area (Å²) in [6.07, 6.45) is 2.73. The Bertz CT molecular complexity index is 2090. The van der Waals surface area contributed by atoms with Gasteiger partial charge < -0.3 is 19.4 Å². The highest BCUT2D eigenvalue weighted by Crippen LogP contribution is 2.44. The van der Waals surface area contributed by atoms with E-state index in [0.717, 1.165) is 6.08 Å². The van der Waals surface area contributed by atoms with Crippen LogP contribution in [0.2, 0.25) is 5.02 Å². The fourth-order valence-electron chi connectivity index (χ4n) is 6.17. The minimum Gasteiger partial charge on any atom is -0.496 e. The van der Waals surface area contributed by atoms with Crippen molar-refractivity contribution in [3.8, 4) is 22.7 Å². The first kappa shape index (κ1) is 26.6. The van der Waals surface area contributed by atoms with Crippen LogP contribution in [0.15, 0.2) is 54.0 Å². The summed E-state index contributed by atoms with van der Waals surface area (Å²) in [7, 11) is 1.38. The number of hydrogen-bond donors (Lipinski definition) is 0. The predicted octanol–water partition coefficient (Wildman–Crippen LogP) is 4.86. The zero-order valence-electron chi connectivity index (χ0n) is 28.1. The normalized spacial score (nSPS) is 17.5. The number of carbonyl (C=O) groups is 2. The quantitative estimate of drug-likeness (QED) is 0.289. The Kier molecular flexibility index (Phi) is 6.68. The molecule has 0 spiro atoms. The van der Waals surface area contributed by atoms with Crippen LogP contribution in [0, 0.1) is 12.7 Å². The Labute approximate surface area is 268 Å². The maximum atomic E-state index is 15.5. The van der Waals surface area contributed by atoms with Crippen LogP contribution in [-0.2, 0) is 9.59 Å². The topological polar surface area (TPSA) is 101 Å². The number of benzene rings is 1. The summed E-state index contributed by atoms with van der Waals surface area (Å²) >= 11 is 6.89. The molecule has 1 atom stereocenters. The zero-order valence-corrected chi connectivity index (χ0v) is 25.9. The maximum Gasteiger partial charge on any atom is 0.283 e. The molecule has 0 aliphatic carbocycles. The number of aromatic nitrogens is 3. The number of halogens is 2. The van der Waals surface area contributed by atoms with Crippen molar-refractivity contribution in [3.05, 3.63) is 81.6 Å². The van der Waals surface area contributed by atoms with E-state index in [1.165, 1.54) is 34.8 Å². The summed E-state index contributed by atoms with van der Waals surface area (Å²) in [5, 5.41) is 0.224. The molecular formula is C33H32ClFN6O4. The van der Waals surface area contributed by atoms with E-state index in [2.05, 4.69) is 11.6 Å². The second-order valence-corrected chi connectivity index (χ2v) is 11.6. The molecule has 1 fully saturated rings. The van der Waals surface area contributed by atoms with E-state index in [-0.39, 0.29) is 70.0 Å². The lowest BCUT2D eigenvalue weighted by Crippen LogP contribution is -2.63. The van der Waals surface area contributed by atoms with Gasteiger partial charge in [-0.15, -0.1) is 0 Å². The summed E-state index contributed by atoms with van der Waals surface area (Å²) in [5.74, 6) is -2.01. The molecule has 0 bridgehead atoms. The molecule has 12 heteroatoms. The molecule has 3 aromatic heterocycles. The Morgan fingerprint density at radius 1 is 1.22 bits per heavy atom. The molecule has 10 nitrogen and oxygen atoms in total. The van der Waals surface area contributed by atoms with Crippen molar-refractivity contribution in [1.29, 1.82) is 0 Å². The fraction of sp³-hybridized carbons (Fsp3) is 0.303. The van der Waals surface area contributed by atoms with Crippen LogP contribution in [-0.4, -0.2) is 71.0 Å². The summed E-state index contributed by atoms with van der Waals surface area (Å²) < 4.78 is 47.4. The van der Waals surface area contributed by atoms with E-state index >= 15 is 4.39 Å². The van der Waals surface area contributed by atoms with Crippen LogP contribution >= 0.6 is 11.6 Å². The number of carbonyl (C=O) groups excluding carboxylic acids is 2. The van der Waals surface area contributed by atoms with Gasteiger partial charge in [-0.3, -0.25) is 23.9 Å². The van der Waals surface area contributed by atoms with Gasteiger partial charge in [0, 0.05) is 35.8 Å². The van der Waals surface area contributed by atoms with Crippen LogP contribution in [0.4, 0.5) is 15.8 Å². The minimum atomic E-state index is -3.09. The lowest BCUT2D eigenvalue weighted by Gasteiger charge is -2.47. The number of piperazine rings is 1. The van der Waals surface area contributed by atoms with Gasteiger partial charge in [0.05, 0.1) is 47.0 Å². The number of amides is 2. The molecular weight excluding hydrogens is 599 g/mol. The molecule has 4 aromatic rings. The first-order chi connectivity index (χ1) is 22.7. The Morgan fingerprint density at radius 3 is 2.69 bits per heavy atom. The van der Waals surface area contributed by atoms with Gasteiger partial charge in [0.1, 0.15) is 23.3 Å². The van der Waals surface area contributed by atoms with Crippen LogP contribution in [0.5, 0.6) is 5.75 Å². The maximum absolute atomic E-state index is 15.5. The number of pyridine rings is 3. The van der Waals surface area contributed by atoms with E-state index < -0.39 is 36.2 Å². The second-order valence-electron chi connectivity index (χ2n) is 11.2. The first-order valence-electron chi connectivity index (χ1n) is 15.8. The summed E-state index contributed by atoms with van der Waals surface area (Å²) in [4.78, 5) is 54.6. The third-order valence-corrected chi connectivity index (χ3v) is 8.58. The molecule has 0 saturated carbocycles. The molecule has 0 unspecified atom stereocenters. The third kappa shape index (κ3) is 4.64. The lowest BCUT2D eigenvalue weighted by atomic mass is 9.99. The molecule has 1 saturated heterocycles. The number of nitrogens with zero attached hydrogens (tertiary/aromatic N) is 6. The fourth-order valence-corrected chi connectivity index (χ4v) is 6.42. The molecule has 45 heavy (non-hydrogen) atoms. The molecule has 2 aliphatic rings. The third-order valence-electron chi connectivity index (χ3n) is 8.29. The van der Waals surface area contributed by atoms with Gasteiger partial charge in [-0.1, -0.05) is 38.1 Å². The SMILES string of the molecule is [2H]C([2H])([2H])N1C(=O)[C@H]2CN(C(=O)C=C)CCN2c2c1c(=O)n(-c1c(C)ccnc1C(C)C)c1nc(-c3c(F)cccc3OC)c(Cl)cc21.